The summed E-state index contributed by atoms with van der Waals surface area (Å²) in [7, 11) is 0. The number of piperidine rings is 1. The van der Waals surface area contributed by atoms with Crippen molar-refractivity contribution in [3.05, 3.63) is 52.7 Å². The zero-order chi connectivity index (χ0) is 20.8. The van der Waals surface area contributed by atoms with Gasteiger partial charge in [0.25, 0.3) is 0 Å². The van der Waals surface area contributed by atoms with Crippen LogP contribution in [0.25, 0.3) is 11.4 Å². The van der Waals surface area contributed by atoms with Crippen molar-refractivity contribution in [2.75, 3.05) is 18.0 Å². The second kappa shape index (κ2) is 7.90. The van der Waals surface area contributed by atoms with Gasteiger partial charge < -0.3 is 9.47 Å². The first-order valence-electron chi connectivity index (χ1n) is 11.6. The lowest BCUT2D eigenvalue weighted by molar-refractivity contribution is 0.462. The maximum Gasteiger partial charge on any atom is 0.161 e. The number of nitrogens with zero attached hydrogens (tertiary/aromatic N) is 6. The number of fused-ring (bicyclic) bond motifs is 1. The third-order valence-electron chi connectivity index (χ3n) is 6.94. The van der Waals surface area contributed by atoms with Crippen molar-refractivity contribution in [2.24, 2.45) is 0 Å². The molecule has 6 rings (SSSR count). The van der Waals surface area contributed by atoms with Gasteiger partial charge in [0.1, 0.15) is 18.0 Å². The van der Waals surface area contributed by atoms with Crippen LogP contribution >= 0.6 is 11.6 Å². The van der Waals surface area contributed by atoms with Gasteiger partial charge in [-0.2, -0.15) is 0 Å². The van der Waals surface area contributed by atoms with E-state index in [1.54, 1.807) is 0 Å². The van der Waals surface area contributed by atoms with Crippen molar-refractivity contribution in [3.8, 4) is 11.4 Å². The first kappa shape index (κ1) is 19.2. The minimum Gasteiger partial charge on any atom is -0.356 e. The highest BCUT2D eigenvalue weighted by Crippen LogP contribution is 2.39. The molecule has 0 spiro atoms. The maximum absolute atomic E-state index is 6.25. The fraction of sp³-hybridized carbons (Fsp3) is 0.500. The highest BCUT2D eigenvalue weighted by atomic mass is 35.5. The fourth-order valence-electron chi connectivity index (χ4n) is 5.12. The molecular weight excluding hydrogens is 408 g/mol. The van der Waals surface area contributed by atoms with Crippen molar-refractivity contribution in [1.82, 2.24) is 24.7 Å². The average Bonchev–Trinajstić information content (AvgIpc) is 3.54. The fourth-order valence-corrected chi connectivity index (χ4v) is 5.31. The zero-order valence-electron chi connectivity index (χ0n) is 17.7. The van der Waals surface area contributed by atoms with Crippen LogP contribution in [0.4, 0.5) is 5.82 Å². The zero-order valence-corrected chi connectivity index (χ0v) is 18.4. The summed E-state index contributed by atoms with van der Waals surface area (Å²) in [4.78, 5) is 12.5. The summed E-state index contributed by atoms with van der Waals surface area (Å²) in [5, 5.41) is 9.42. The van der Waals surface area contributed by atoms with Crippen LogP contribution in [0.2, 0.25) is 5.02 Å². The van der Waals surface area contributed by atoms with Gasteiger partial charge >= 0.3 is 0 Å². The van der Waals surface area contributed by atoms with Crippen molar-refractivity contribution >= 4 is 17.4 Å². The molecule has 3 aromatic rings. The molecule has 0 atom stereocenters. The summed E-state index contributed by atoms with van der Waals surface area (Å²) in [6.07, 6.45) is 11.2. The predicted molar refractivity (Wildman–Crippen MR) is 122 cm³/mol. The Kier molecular flexibility index (Phi) is 4.90. The Bertz CT molecular complexity index is 1100. The lowest BCUT2D eigenvalue weighted by atomic mass is 9.93. The molecule has 0 radical (unpaired) electrons. The highest BCUT2D eigenvalue weighted by molar-refractivity contribution is 6.30. The summed E-state index contributed by atoms with van der Waals surface area (Å²) < 4.78 is 2.32. The number of aromatic nitrogens is 5. The molecule has 160 valence electrons. The Labute approximate surface area is 187 Å². The van der Waals surface area contributed by atoms with Crippen LogP contribution in [0.15, 0.2) is 30.6 Å². The molecule has 3 aliphatic rings. The van der Waals surface area contributed by atoms with E-state index in [9.17, 15) is 0 Å². The van der Waals surface area contributed by atoms with Gasteiger partial charge in [-0.1, -0.05) is 23.7 Å². The van der Waals surface area contributed by atoms with Crippen molar-refractivity contribution in [3.63, 3.8) is 0 Å². The van der Waals surface area contributed by atoms with Crippen LogP contribution in [0.5, 0.6) is 0 Å². The Hall–Kier alpha value is -2.47. The lowest BCUT2D eigenvalue weighted by Crippen LogP contribution is -2.35. The quantitative estimate of drug-likeness (QED) is 0.579. The van der Waals surface area contributed by atoms with Gasteiger partial charge in [-0.3, -0.25) is 0 Å². The number of benzene rings is 1. The maximum atomic E-state index is 6.25. The van der Waals surface area contributed by atoms with Crippen LogP contribution < -0.4 is 4.90 Å². The Morgan fingerprint density at radius 2 is 1.81 bits per heavy atom. The van der Waals surface area contributed by atoms with Gasteiger partial charge in [0.05, 0.1) is 0 Å². The van der Waals surface area contributed by atoms with E-state index in [4.69, 9.17) is 21.6 Å². The van der Waals surface area contributed by atoms with Gasteiger partial charge in [0, 0.05) is 46.9 Å². The summed E-state index contributed by atoms with van der Waals surface area (Å²) in [6.45, 7) is 2.00. The van der Waals surface area contributed by atoms with E-state index in [2.05, 4.69) is 25.7 Å². The second-order valence-electron chi connectivity index (χ2n) is 9.10. The monoisotopic (exact) mass is 434 g/mol. The second-order valence-corrected chi connectivity index (χ2v) is 9.54. The van der Waals surface area contributed by atoms with E-state index < -0.39 is 0 Å². The molecule has 6 nitrogen and oxygen atoms in total. The average molecular weight is 435 g/mol. The van der Waals surface area contributed by atoms with E-state index in [1.165, 1.54) is 42.8 Å². The van der Waals surface area contributed by atoms with E-state index in [0.717, 1.165) is 61.0 Å². The number of halogens is 1. The SMILES string of the molecule is Clc1cccc(-c2nc3c(c(N4CCC(c5nncn5C5CC5)CC4)n2)CCCC3)c1. The third-order valence-corrected chi connectivity index (χ3v) is 7.18. The minimum atomic E-state index is 0.490. The lowest BCUT2D eigenvalue weighted by Gasteiger charge is -2.34. The number of hydrogen-bond acceptors (Lipinski definition) is 5. The third kappa shape index (κ3) is 3.71. The van der Waals surface area contributed by atoms with Crippen LogP contribution in [0.1, 0.15) is 67.6 Å². The molecule has 0 unspecified atom stereocenters. The van der Waals surface area contributed by atoms with Crippen LogP contribution in [0, 0.1) is 0 Å². The molecule has 3 heterocycles. The Morgan fingerprint density at radius 1 is 0.968 bits per heavy atom. The van der Waals surface area contributed by atoms with Crippen molar-refractivity contribution in [1.29, 1.82) is 0 Å². The molecule has 31 heavy (non-hydrogen) atoms. The molecule has 2 fully saturated rings. The number of aryl methyl sites for hydroxylation is 1. The summed E-state index contributed by atoms with van der Waals surface area (Å²) in [5.41, 5.74) is 3.58. The molecule has 7 heteroatoms. The first-order valence-corrected chi connectivity index (χ1v) is 11.9. The molecule has 2 aromatic heterocycles. The smallest absolute Gasteiger partial charge is 0.161 e. The molecule has 0 amide bonds. The number of rotatable bonds is 4. The molecule has 0 bridgehead atoms. The normalized spacial score (nSPS) is 19.5. The van der Waals surface area contributed by atoms with Crippen LogP contribution in [-0.4, -0.2) is 37.8 Å². The standard InChI is InChI=1S/C24H27ClN6/c25-18-5-3-4-17(14-18)22-27-21-7-2-1-6-20(21)24(28-22)30-12-10-16(11-13-30)23-29-26-15-31(23)19-8-9-19/h3-5,14-16,19H,1-2,6-13H2. The molecule has 2 aliphatic carbocycles. The van der Waals surface area contributed by atoms with Crippen molar-refractivity contribution in [2.45, 2.75) is 63.3 Å². The van der Waals surface area contributed by atoms with Gasteiger partial charge in [-0.25, -0.2) is 9.97 Å². The van der Waals surface area contributed by atoms with E-state index in [0.29, 0.717) is 12.0 Å². The summed E-state index contributed by atoms with van der Waals surface area (Å²) >= 11 is 6.25. The predicted octanol–water partition coefficient (Wildman–Crippen LogP) is 4.99. The van der Waals surface area contributed by atoms with Crippen LogP contribution in [-0.2, 0) is 12.8 Å². The molecule has 1 saturated heterocycles. The molecule has 1 aliphatic heterocycles. The van der Waals surface area contributed by atoms with Gasteiger partial charge in [0.15, 0.2) is 5.82 Å². The van der Waals surface area contributed by atoms with Gasteiger partial charge in [-0.05, 0) is 63.5 Å². The highest BCUT2D eigenvalue weighted by Gasteiger charge is 2.32. The number of anilines is 1. The van der Waals surface area contributed by atoms with Gasteiger partial charge in [-0.15, -0.1) is 10.2 Å². The molecule has 1 saturated carbocycles. The van der Waals surface area contributed by atoms with E-state index in [1.807, 2.05) is 24.5 Å². The Morgan fingerprint density at radius 3 is 2.61 bits per heavy atom. The molecule has 1 aromatic carbocycles. The summed E-state index contributed by atoms with van der Waals surface area (Å²) in [5.74, 6) is 3.62. The topological polar surface area (TPSA) is 59.7 Å². The largest absolute Gasteiger partial charge is 0.356 e. The van der Waals surface area contributed by atoms with Crippen LogP contribution in [0.3, 0.4) is 0 Å². The van der Waals surface area contributed by atoms with E-state index in [-0.39, 0.29) is 0 Å². The van der Waals surface area contributed by atoms with E-state index >= 15 is 0 Å². The molecular formula is C24H27ClN6. The van der Waals surface area contributed by atoms with Crippen molar-refractivity contribution < 1.29 is 0 Å². The first-order chi connectivity index (χ1) is 15.3. The Balaban J connectivity index is 1.29. The minimum absolute atomic E-state index is 0.490. The van der Waals surface area contributed by atoms with Gasteiger partial charge in [0.2, 0.25) is 0 Å². The number of hydrogen-bond donors (Lipinski definition) is 0. The summed E-state index contributed by atoms with van der Waals surface area (Å²) in [6, 6.07) is 8.53. The molecule has 0 N–H and O–H groups in total.